The van der Waals surface area contributed by atoms with E-state index in [1.54, 1.807) is 36.4 Å². The SMILES string of the molecule is O=C(c1cccc(Cl)c1)N1N=C(c2ccccc2)CC1c1ccccc1O. The standard InChI is InChI=1S/C22H17ClN2O2/c23-17-10-6-9-16(13-17)22(27)25-20(18-11-4-5-12-21(18)26)14-19(24-25)15-7-2-1-3-8-15/h1-13,20,26H,14H2. The van der Waals surface area contributed by atoms with E-state index < -0.39 is 0 Å². The average Bonchev–Trinajstić information content (AvgIpc) is 3.13. The predicted octanol–water partition coefficient (Wildman–Crippen LogP) is 5.04. The molecule has 1 aliphatic heterocycles. The highest BCUT2D eigenvalue weighted by molar-refractivity contribution is 6.31. The van der Waals surface area contributed by atoms with Gasteiger partial charge in [0.15, 0.2) is 0 Å². The highest BCUT2D eigenvalue weighted by atomic mass is 35.5. The first-order valence-corrected chi connectivity index (χ1v) is 9.01. The van der Waals surface area contributed by atoms with Crippen LogP contribution >= 0.6 is 11.6 Å². The Labute approximate surface area is 162 Å². The van der Waals surface area contributed by atoms with Gasteiger partial charge in [-0.05, 0) is 29.8 Å². The van der Waals surface area contributed by atoms with Crippen molar-refractivity contribution >= 4 is 23.2 Å². The zero-order chi connectivity index (χ0) is 18.8. The van der Waals surface area contributed by atoms with Crippen molar-refractivity contribution in [2.75, 3.05) is 0 Å². The van der Waals surface area contributed by atoms with Crippen LogP contribution in [0.15, 0.2) is 84.0 Å². The molecule has 0 spiro atoms. The van der Waals surface area contributed by atoms with Crippen molar-refractivity contribution in [2.45, 2.75) is 12.5 Å². The summed E-state index contributed by atoms with van der Waals surface area (Å²) in [6, 6.07) is 23.2. The van der Waals surface area contributed by atoms with Crippen LogP contribution in [0, 0.1) is 0 Å². The van der Waals surface area contributed by atoms with E-state index in [0.29, 0.717) is 22.6 Å². The lowest BCUT2D eigenvalue weighted by Gasteiger charge is -2.22. The van der Waals surface area contributed by atoms with Gasteiger partial charge in [0.05, 0.1) is 11.8 Å². The molecule has 1 amide bonds. The summed E-state index contributed by atoms with van der Waals surface area (Å²) in [6.45, 7) is 0. The maximum Gasteiger partial charge on any atom is 0.274 e. The molecule has 1 aliphatic rings. The fraction of sp³-hybridized carbons (Fsp3) is 0.0909. The summed E-state index contributed by atoms with van der Waals surface area (Å²) in [5, 5.41) is 16.9. The largest absolute Gasteiger partial charge is 0.508 e. The zero-order valence-electron chi connectivity index (χ0n) is 14.4. The van der Waals surface area contributed by atoms with Gasteiger partial charge in [0.1, 0.15) is 5.75 Å². The Bertz CT molecular complexity index is 1020. The smallest absolute Gasteiger partial charge is 0.274 e. The summed E-state index contributed by atoms with van der Waals surface area (Å²) in [6.07, 6.45) is 0.522. The van der Waals surface area contributed by atoms with Gasteiger partial charge in [0.2, 0.25) is 0 Å². The molecule has 4 rings (SSSR count). The summed E-state index contributed by atoms with van der Waals surface area (Å²) in [4.78, 5) is 13.1. The Kier molecular flexibility index (Phi) is 4.65. The van der Waals surface area contributed by atoms with Crippen molar-refractivity contribution in [3.05, 3.63) is 101 Å². The number of rotatable bonds is 3. The minimum absolute atomic E-state index is 0.149. The number of amides is 1. The number of aromatic hydroxyl groups is 1. The molecule has 1 unspecified atom stereocenters. The Morgan fingerprint density at radius 2 is 1.74 bits per heavy atom. The van der Waals surface area contributed by atoms with E-state index in [0.717, 1.165) is 11.3 Å². The molecular weight excluding hydrogens is 360 g/mol. The van der Waals surface area contributed by atoms with E-state index in [1.807, 2.05) is 42.5 Å². The number of nitrogens with zero attached hydrogens (tertiary/aromatic N) is 2. The van der Waals surface area contributed by atoms with Crippen LogP contribution in [0.3, 0.4) is 0 Å². The van der Waals surface area contributed by atoms with Crippen LogP contribution in [-0.4, -0.2) is 21.7 Å². The van der Waals surface area contributed by atoms with Gasteiger partial charge in [0.25, 0.3) is 5.91 Å². The Morgan fingerprint density at radius 3 is 2.48 bits per heavy atom. The Morgan fingerprint density at radius 1 is 1.00 bits per heavy atom. The second-order valence-electron chi connectivity index (χ2n) is 6.35. The molecule has 0 radical (unpaired) electrons. The molecule has 0 saturated carbocycles. The highest BCUT2D eigenvalue weighted by Gasteiger charge is 2.35. The number of hydrogen-bond acceptors (Lipinski definition) is 3. The van der Waals surface area contributed by atoms with Crippen molar-refractivity contribution in [3.8, 4) is 5.75 Å². The van der Waals surface area contributed by atoms with Crippen molar-refractivity contribution in [2.24, 2.45) is 5.10 Å². The number of carbonyl (C=O) groups excluding carboxylic acids is 1. The fourth-order valence-electron chi connectivity index (χ4n) is 3.27. The van der Waals surface area contributed by atoms with Crippen molar-refractivity contribution in [1.29, 1.82) is 0 Å². The van der Waals surface area contributed by atoms with Crippen molar-refractivity contribution in [3.63, 3.8) is 0 Å². The van der Waals surface area contributed by atoms with Crippen LogP contribution in [0.5, 0.6) is 5.75 Å². The second kappa shape index (κ2) is 7.25. The lowest BCUT2D eigenvalue weighted by atomic mass is 9.97. The van der Waals surface area contributed by atoms with Crippen LogP contribution in [0.4, 0.5) is 0 Å². The maximum atomic E-state index is 13.1. The third kappa shape index (κ3) is 3.44. The predicted molar refractivity (Wildman–Crippen MR) is 106 cm³/mol. The van der Waals surface area contributed by atoms with Gasteiger partial charge in [-0.2, -0.15) is 5.10 Å². The molecule has 3 aromatic rings. The lowest BCUT2D eigenvalue weighted by Crippen LogP contribution is -2.27. The van der Waals surface area contributed by atoms with Crippen LogP contribution in [0.25, 0.3) is 0 Å². The first kappa shape index (κ1) is 17.3. The van der Waals surface area contributed by atoms with Gasteiger partial charge in [-0.3, -0.25) is 4.79 Å². The van der Waals surface area contributed by atoms with Crippen molar-refractivity contribution < 1.29 is 9.90 Å². The third-order valence-electron chi connectivity index (χ3n) is 4.59. The van der Waals surface area contributed by atoms with Gasteiger partial charge >= 0.3 is 0 Å². The van der Waals surface area contributed by atoms with Crippen LogP contribution in [0.1, 0.15) is 33.9 Å². The molecule has 5 heteroatoms. The number of phenolic OH excluding ortho intramolecular Hbond substituents is 1. The Hall–Kier alpha value is -3.11. The molecule has 1 atom stereocenters. The number of para-hydroxylation sites is 1. The molecule has 0 aromatic heterocycles. The summed E-state index contributed by atoms with van der Waals surface area (Å²) in [5.41, 5.74) is 2.89. The zero-order valence-corrected chi connectivity index (χ0v) is 15.2. The van der Waals surface area contributed by atoms with Crippen LogP contribution in [-0.2, 0) is 0 Å². The van der Waals surface area contributed by atoms with E-state index >= 15 is 0 Å². The quantitative estimate of drug-likeness (QED) is 0.696. The molecule has 0 fully saturated rings. The molecule has 0 bridgehead atoms. The van der Waals surface area contributed by atoms with Gasteiger partial charge in [-0.25, -0.2) is 5.01 Å². The summed E-state index contributed by atoms with van der Waals surface area (Å²) in [7, 11) is 0. The van der Waals surface area contributed by atoms with Crippen LogP contribution in [0.2, 0.25) is 5.02 Å². The van der Waals surface area contributed by atoms with Gasteiger partial charge in [-0.15, -0.1) is 0 Å². The average molecular weight is 377 g/mol. The third-order valence-corrected chi connectivity index (χ3v) is 4.83. The van der Waals surface area contributed by atoms with Crippen molar-refractivity contribution in [1.82, 2.24) is 5.01 Å². The number of benzene rings is 3. The number of carbonyl (C=O) groups is 1. The van der Waals surface area contributed by atoms with E-state index in [4.69, 9.17) is 11.6 Å². The highest BCUT2D eigenvalue weighted by Crippen LogP contribution is 2.37. The van der Waals surface area contributed by atoms with E-state index in [2.05, 4.69) is 5.10 Å². The molecule has 0 aliphatic carbocycles. The topological polar surface area (TPSA) is 52.9 Å². The molecular formula is C22H17ClN2O2. The second-order valence-corrected chi connectivity index (χ2v) is 6.79. The molecule has 4 nitrogen and oxygen atoms in total. The summed E-state index contributed by atoms with van der Waals surface area (Å²) in [5.74, 6) is -0.104. The number of hydrogen-bond donors (Lipinski definition) is 1. The Balaban J connectivity index is 1.76. The number of hydrazone groups is 1. The first-order valence-electron chi connectivity index (χ1n) is 8.63. The molecule has 0 saturated heterocycles. The first-order chi connectivity index (χ1) is 13.1. The van der Waals surface area contributed by atoms with Gasteiger partial charge in [0, 0.05) is 22.6 Å². The minimum Gasteiger partial charge on any atom is -0.508 e. The number of halogens is 1. The van der Waals surface area contributed by atoms with Gasteiger partial charge < -0.3 is 5.11 Å². The molecule has 134 valence electrons. The molecule has 3 aromatic carbocycles. The normalized spacial score (nSPS) is 16.3. The maximum absolute atomic E-state index is 13.1. The minimum atomic E-state index is -0.382. The monoisotopic (exact) mass is 376 g/mol. The van der Waals surface area contributed by atoms with E-state index in [9.17, 15) is 9.90 Å². The molecule has 27 heavy (non-hydrogen) atoms. The summed E-state index contributed by atoms with van der Waals surface area (Å²) >= 11 is 6.05. The lowest BCUT2D eigenvalue weighted by molar-refractivity contribution is 0.0709. The molecule has 1 heterocycles. The molecule has 1 N–H and O–H groups in total. The number of phenols is 1. The summed E-state index contributed by atoms with van der Waals surface area (Å²) < 4.78 is 0. The van der Waals surface area contributed by atoms with Crippen LogP contribution < -0.4 is 0 Å². The van der Waals surface area contributed by atoms with Gasteiger partial charge in [-0.1, -0.05) is 66.2 Å². The van der Waals surface area contributed by atoms with E-state index in [-0.39, 0.29) is 17.7 Å². The fourth-order valence-corrected chi connectivity index (χ4v) is 3.46. The van der Waals surface area contributed by atoms with E-state index in [1.165, 1.54) is 5.01 Å².